The number of likely N-dealkylation sites (N-methyl/N-ethyl adjacent to an activating group) is 1. The van der Waals surface area contributed by atoms with Crippen LogP contribution in [0.25, 0.3) is 0 Å². The van der Waals surface area contributed by atoms with Gasteiger partial charge in [-0.3, -0.25) is 9.69 Å². The van der Waals surface area contributed by atoms with Gasteiger partial charge in [0.15, 0.2) is 0 Å². The average Bonchev–Trinajstić information content (AvgIpc) is 2.73. The Bertz CT molecular complexity index is 848. The van der Waals surface area contributed by atoms with Gasteiger partial charge in [0, 0.05) is 43.8 Å². The van der Waals surface area contributed by atoms with E-state index in [1.165, 1.54) is 0 Å². The van der Waals surface area contributed by atoms with Crippen molar-refractivity contribution in [2.45, 2.75) is 45.8 Å². The highest BCUT2D eigenvalue weighted by molar-refractivity contribution is 5.94. The third-order valence-corrected chi connectivity index (χ3v) is 6.39. The Balaban J connectivity index is 1.97. The van der Waals surface area contributed by atoms with Crippen LogP contribution in [0.5, 0.6) is 5.75 Å². The van der Waals surface area contributed by atoms with Crippen molar-refractivity contribution in [3.8, 4) is 5.75 Å². The summed E-state index contributed by atoms with van der Waals surface area (Å²) in [6.45, 7) is 11.9. The molecule has 3 rings (SSSR count). The van der Waals surface area contributed by atoms with E-state index in [4.69, 9.17) is 0 Å². The largest absolute Gasteiger partial charge is 0.508 e. The van der Waals surface area contributed by atoms with Crippen LogP contribution in [0.15, 0.2) is 48.5 Å². The number of hydrogen-bond acceptors (Lipinski definition) is 4. The Hall–Kier alpha value is -2.37. The standard InChI is InChI=1S/C25H35N3O2/c1-6-27(7-2)25(30)21-13-11-20(12-14-21)24(22-9-8-10-23(29)15-22)28-17-18(3)26(5)16-19(28)4/h8-15,18-19,24,29H,6-7,16-17H2,1-5H3/t18-,19-,24+/m0/s1. The SMILES string of the molecule is CCN(CC)C(=O)c1ccc([C@H](c2cccc(O)c2)N2C[C@H](C)N(C)C[C@@H]2C)cc1. The molecule has 1 fully saturated rings. The van der Waals surface area contributed by atoms with Gasteiger partial charge < -0.3 is 14.9 Å². The Morgan fingerprint density at radius 2 is 1.70 bits per heavy atom. The summed E-state index contributed by atoms with van der Waals surface area (Å²) in [6.07, 6.45) is 0. The molecule has 0 radical (unpaired) electrons. The van der Waals surface area contributed by atoms with E-state index in [0.717, 1.165) is 29.8 Å². The maximum absolute atomic E-state index is 12.7. The van der Waals surface area contributed by atoms with E-state index in [2.05, 4.69) is 48.9 Å². The molecule has 0 saturated carbocycles. The first kappa shape index (κ1) is 22.3. The Kier molecular flexibility index (Phi) is 7.16. The number of phenolic OH excluding ortho intramolecular Hbond substituents is 1. The number of hydrogen-bond donors (Lipinski definition) is 1. The highest BCUT2D eigenvalue weighted by Crippen LogP contribution is 2.34. The molecule has 2 aromatic rings. The second kappa shape index (κ2) is 9.63. The molecule has 0 unspecified atom stereocenters. The van der Waals surface area contributed by atoms with Crippen molar-refractivity contribution in [1.29, 1.82) is 0 Å². The predicted octanol–water partition coefficient (Wildman–Crippen LogP) is 3.99. The monoisotopic (exact) mass is 409 g/mol. The lowest BCUT2D eigenvalue weighted by atomic mass is 9.93. The van der Waals surface area contributed by atoms with E-state index in [9.17, 15) is 9.90 Å². The van der Waals surface area contributed by atoms with Crippen LogP contribution < -0.4 is 0 Å². The van der Waals surface area contributed by atoms with Gasteiger partial charge in [-0.05, 0) is 70.1 Å². The van der Waals surface area contributed by atoms with Crippen molar-refractivity contribution in [2.24, 2.45) is 0 Å². The normalized spacial score (nSPS) is 21.4. The van der Waals surface area contributed by atoms with Crippen molar-refractivity contribution in [3.63, 3.8) is 0 Å². The Morgan fingerprint density at radius 3 is 2.30 bits per heavy atom. The highest BCUT2D eigenvalue weighted by Gasteiger charge is 2.33. The quantitative estimate of drug-likeness (QED) is 0.784. The van der Waals surface area contributed by atoms with Gasteiger partial charge >= 0.3 is 0 Å². The summed E-state index contributed by atoms with van der Waals surface area (Å²) in [5.41, 5.74) is 2.93. The zero-order chi connectivity index (χ0) is 21.8. The minimum absolute atomic E-state index is 0.0286. The van der Waals surface area contributed by atoms with E-state index in [1.807, 2.05) is 43.0 Å². The smallest absolute Gasteiger partial charge is 0.253 e. The fourth-order valence-corrected chi connectivity index (χ4v) is 4.46. The van der Waals surface area contributed by atoms with Crippen molar-refractivity contribution < 1.29 is 9.90 Å². The van der Waals surface area contributed by atoms with Gasteiger partial charge in [-0.15, -0.1) is 0 Å². The number of benzene rings is 2. The van der Waals surface area contributed by atoms with Crippen molar-refractivity contribution in [1.82, 2.24) is 14.7 Å². The predicted molar refractivity (Wildman–Crippen MR) is 122 cm³/mol. The van der Waals surface area contributed by atoms with Crippen molar-refractivity contribution >= 4 is 5.91 Å². The van der Waals surface area contributed by atoms with E-state index in [1.54, 1.807) is 6.07 Å². The molecule has 5 heteroatoms. The number of carbonyl (C=O) groups excluding carboxylic acids is 1. The summed E-state index contributed by atoms with van der Waals surface area (Å²) >= 11 is 0. The van der Waals surface area contributed by atoms with Gasteiger partial charge in [-0.25, -0.2) is 0 Å². The van der Waals surface area contributed by atoms with Crippen LogP contribution in [0.2, 0.25) is 0 Å². The molecule has 0 bridgehead atoms. The molecule has 1 saturated heterocycles. The zero-order valence-electron chi connectivity index (χ0n) is 18.9. The highest BCUT2D eigenvalue weighted by atomic mass is 16.3. The van der Waals surface area contributed by atoms with Crippen LogP contribution in [0.3, 0.4) is 0 Å². The molecule has 1 aliphatic rings. The topological polar surface area (TPSA) is 47.0 Å². The molecule has 0 aliphatic carbocycles. The van der Waals surface area contributed by atoms with Gasteiger partial charge in [0.1, 0.15) is 5.75 Å². The third kappa shape index (κ3) is 4.68. The summed E-state index contributed by atoms with van der Waals surface area (Å²) in [5.74, 6) is 0.350. The second-order valence-electron chi connectivity index (χ2n) is 8.43. The summed E-state index contributed by atoms with van der Waals surface area (Å²) in [7, 11) is 2.18. The molecule has 30 heavy (non-hydrogen) atoms. The molecular formula is C25H35N3O2. The average molecular weight is 410 g/mol. The molecule has 1 amide bonds. The Morgan fingerprint density at radius 1 is 1.03 bits per heavy atom. The number of nitrogens with zero attached hydrogens (tertiary/aromatic N) is 3. The van der Waals surface area contributed by atoms with Crippen molar-refractivity contribution in [2.75, 3.05) is 33.2 Å². The Labute approximate surface area is 180 Å². The van der Waals surface area contributed by atoms with Gasteiger partial charge in [0.2, 0.25) is 0 Å². The van der Waals surface area contributed by atoms with E-state index in [-0.39, 0.29) is 17.7 Å². The van der Waals surface area contributed by atoms with E-state index < -0.39 is 0 Å². The number of piperazine rings is 1. The maximum Gasteiger partial charge on any atom is 0.253 e. The van der Waals surface area contributed by atoms with Crippen LogP contribution in [-0.4, -0.2) is 71.0 Å². The summed E-state index contributed by atoms with van der Waals surface area (Å²) < 4.78 is 0. The first-order chi connectivity index (χ1) is 14.3. The lowest BCUT2D eigenvalue weighted by Crippen LogP contribution is -2.55. The van der Waals surface area contributed by atoms with Gasteiger partial charge in [-0.1, -0.05) is 24.3 Å². The number of rotatable bonds is 6. The van der Waals surface area contributed by atoms with Crippen LogP contribution in [0, 0.1) is 0 Å². The number of phenols is 1. The molecule has 2 aromatic carbocycles. The van der Waals surface area contributed by atoms with Crippen LogP contribution in [0.4, 0.5) is 0 Å². The van der Waals surface area contributed by atoms with Gasteiger partial charge in [-0.2, -0.15) is 0 Å². The van der Waals surface area contributed by atoms with Crippen LogP contribution in [-0.2, 0) is 0 Å². The lowest BCUT2D eigenvalue weighted by molar-refractivity contribution is 0.0389. The van der Waals surface area contributed by atoms with Gasteiger partial charge in [0.25, 0.3) is 5.91 Å². The summed E-state index contributed by atoms with van der Waals surface area (Å²) in [6, 6.07) is 16.4. The number of aromatic hydroxyl groups is 1. The molecular weight excluding hydrogens is 374 g/mol. The summed E-state index contributed by atoms with van der Waals surface area (Å²) in [5, 5.41) is 10.1. The molecule has 0 spiro atoms. The second-order valence-corrected chi connectivity index (χ2v) is 8.43. The fourth-order valence-electron chi connectivity index (χ4n) is 4.46. The molecule has 1 heterocycles. The minimum atomic E-state index is 0.0286. The van der Waals surface area contributed by atoms with E-state index >= 15 is 0 Å². The van der Waals surface area contributed by atoms with Gasteiger partial charge in [0.05, 0.1) is 6.04 Å². The first-order valence-corrected chi connectivity index (χ1v) is 11.0. The molecule has 1 N–H and O–H groups in total. The first-order valence-electron chi connectivity index (χ1n) is 11.0. The minimum Gasteiger partial charge on any atom is -0.508 e. The molecule has 0 aromatic heterocycles. The summed E-state index contributed by atoms with van der Waals surface area (Å²) in [4.78, 5) is 19.5. The number of amides is 1. The molecule has 5 nitrogen and oxygen atoms in total. The fraction of sp³-hybridized carbons (Fsp3) is 0.480. The molecule has 3 atom stereocenters. The van der Waals surface area contributed by atoms with Crippen LogP contribution in [0.1, 0.15) is 55.2 Å². The lowest BCUT2D eigenvalue weighted by Gasteiger charge is -2.46. The van der Waals surface area contributed by atoms with E-state index in [0.29, 0.717) is 25.2 Å². The van der Waals surface area contributed by atoms with Crippen molar-refractivity contribution in [3.05, 3.63) is 65.2 Å². The molecule has 1 aliphatic heterocycles. The number of carbonyl (C=O) groups is 1. The molecule has 162 valence electrons. The zero-order valence-corrected chi connectivity index (χ0v) is 18.9. The van der Waals surface area contributed by atoms with Crippen LogP contribution >= 0.6 is 0 Å². The maximum atomic E-state index is 12.7. The third-order valence-electron chi connectivity index (χ3n) is 6.39.